The van der Waals surface area contributed by atoms with Crippen molar-refractivity contribution in [2.45, 2.75) is 77.0 Å². The smallest absolute Gasteiger partial charge is 0.0497 e. The van der Waals surface area contributed by atoms with Gasteiger partial charge in [-0.15, -0.1) is 0 Å². The highest BCUT2D eigenvalue weighted by Gasteiger charge is 2.30. The first kappa shape index (κ1) is 13.9. The summed E-state index contributed by atoms with van der Waals surface area (Å²) in [6.07, 6.45) is 18.1. The lowest BCUT2D eigenvalue weighted by molar-refractivity contribution is 0.140. The Hall–Kier alpha value is -0.0400. The molecule has 0 aromatic carbocycles. The fourth-order valence-electron chi connectivity index (χ4n) is 4.89. The molecule has 0 aromatic rings. The summed E-state index contributed by atoms with van der Waals surface area (Å²) in [5.74, 6) is 4.07. The van der Waals surface area contributed by atoms with Gasteiger partial charge in [-0.05, 0) is 36.5 Å². The molecule has 110 valence electrons. The molecule has 3 aliphatic rings. The van der Waals surface area contributed by atoms with Crippen LogP contribution in [0.5, 0.6) is 0 Å². The Morgan fingerprint density at radius 3 is 2.26 bits per heavy atom. The van der Waals surface area contributed by atoms with Gasteiger partial charge in [0.2, 0.25) is 0 Å². The van der Waals surface area contributed by atoms with E-state index in [2.05, 4.69) is 0 Å². The Kier molecular flexibility index (Phi) is 5.21. The van der Waals surface area contributed by atoms with Gasteiger partial charge in [0, 0.05) is 13.2 Å². The molecule has 0 spiro atoms. The van der Waals surface area contributed by atoms with Gasteiger partial charge in [0.25, 0.3) is 0 Å². The average molecular weight is 264 g/mol. The molecular weight excluding hydrogens is 232 g/mol. The standard InChI is InChI=1S/C18H32O/c1-2-5-15(6-3-1)9-10-16-7-4-8-17(13-16)18-11-12-19-14-18/h15-18H,1-14H2. The summed E-state index contributed by atoms with van der Waals surface area (Å²) < 4.78 is 5.60. The highest BCUT2D eigenvalue weighted by molar-refractivity contribution is 4.81. The minimum absolute atomic E-state index is 0.914. The summed E-state index contributed by atoms with van der Waals surface area (Å²) >= 11 is 0. The minimum atomic E-state index is 0.914. The van der Waals surface area contributed by atoms with Gasteiger partial charge in [-0.2, -0.15) is 0 Å². The van der Waals surface area contributed by atoms with Gasteiger partial charge in [-0.1, -0.05) is 64.2 Å². The minimum Gasteiger partial charge on any atom is -0.381 e. The van der Waals surface area contributed by atoms with Crippen molar-refractivity contribution in [3.05, 3.63) is 0 Å². The van der Waals surface area contributed by atoms with Gasteiger partial charge in [0.05, 0.1) is 0 Å². The van der Waals surface area contributed by atoms with Crippen molar-refractivity contribution >= 4 is 0 Å². The Labute approximate surface area is 119 Å². The highest BCUT2D eigenvalue weighted by Crippen LogP contribution is 2.40. The van der Waals surface area contributed by atoms with E-state index in [4.69, 9.17) is 4.74 Å². The molecule has 0 amide bonds. The Bertz CT molecular complexity index is 250. The van der Waals surface area contributed by atoms with Crippen LogP contribution >= 0.6 is 0 Å². The number of rotatable bonds is 4. The normalized spacial score (nSPS) is 37.6. The van der Waals surface area contributed by atoms with E-state index in [1.54, 1.807) is 6.42 Å². The molecule has 1 saturated heterocycles. The molecule has 3 unspecified atom stereocenters. The fraction of sp³-hybridized carbons (Fsp3) is 1.00. The zero-order chi connectivity index (χ0) is 12.9. The Balaban J connectivity index is 1.40. The molecule has 2 aliphatic carbocycles. The molecule has 2 saturated carbocycles. The number of hydrogen-bond acceptors (Lipinski definition) is 1. The Morgan fingerprint density at radius 1 is 0.684 bits per heavy atom. The third-order valence-corrected chi connectivity index (χ3v) is 6.16. The van der Waals surface area contributed by atoms with Crippen molar-refractivity contribution in [1.82, 2.24) is 0 Å². The molecule has 0 bridgehead atoms. The average Bonchev–Trinajstić information content (AvgIpc) is 3.01. The van der Waals surface area contributed by atoms with Crippen LogP contribution in [0.2, 0.25) is 0 Å². The lowest BCUT2D eigenvalue weighted by Crippen LogP contribution is -2.23. The van der Waals surface area contributed by atoms with Crippen LogP contribution in [0, 0.1) is 23.7 Å². The van der Waals surface area contributed by atoms with E-state index in [0.717, 1.165) is 36.9 Å². The first-order valence-electron chi connectivity index (χ1n) is 8.99. The quantitative estimate of drug-likeness (QED) is 0.679. The van der Waals surface area contributed by atoms with E-state index in [0.29, 0.717) is 0 Å². The summed E-state index contributed by atoms with van der Waals surface area (Å²) in [6.45, 7) is 2.11. The predicted molar refractivity (Wildman–Crippen MR) is 80.2 cm³/mol. The predicted octanol–water partition coefficient (Wildman–Crippen LogP) is 5.19. The fourth-order valence-corrected chi connectivity index (χ4v) is 4.89. The second-order valence-electron chi connectivity index (χ2n) is 7.50. The second kappa shape index (κ2) is 7.11. The van der Waals surface area contributed by atoms with Crippen molar-refractivity contribution in [2.75, 3.05) is 13.2 Å². The molecule has 0 aromatic heterocycles. The molecule has 1 heterocycles. The van der Waals surface area contributed by atoms with Gasteiger partial charge in [-0.3, -0.25) is 0 Å². The maximum Gasteiger partial charge on any atom is 0.0497 e. The van der Waals surface area contributed by atoms with Gasteiger partial charge in [-0.25, -0.2) is 0 Å². The maximum absolute atomic E-state index is 5.60. The van der Waals surface area contributed by atoms with E-state index < -0.39 is 0 Å². The second-order valence-corrected chi connectivity index (χ2v) is 7.50. The summed E-state index contributed by atoms with van der Waals surface area (Å²) in [5, 5.41) is 0. The van der Waals surface area contributed by atoms with Crippen molar-refractivity contribution in [1.29, 1.82) is 0 Å². The molecule has 3 rings (SSSR count). The SMILES string of the molecule is C1CCC(CCC2CCCC(C3CCOC3)C2)CC1. The number of hydrogen-bond donors (Lipinski definition) is 0. The summed E-state index contributed by atoms with van der Waals surface area (Å²) in [6, 6.07) is 0. The van der Waals surface area contributed by atoms with Crippen molar-refractivity contribution in [3.63, 3.8) is 0 Å². The van der Waals surface area contributed by atoms with Gasteiger partial charge >= 0.3 is 0 Å². The van der Waals surface area contributed by atoms with Gasteiger partial charge in [0.1, 0.15) is 0 Å². The van der Waals surface area contributed by atoms with Gasteiger partial charge in [0.15, 0.2) is 0 Å². The van der Waals surface area contributed by atoms with E-state index in [1.165, 1.54) is 70.6 Å². The molecule has 0 N–H and O–H groups in total. The molecule has 3 atom stereocenters. The topological polar surface area (TPSA) is 9.23 Å². The Morgan fingerprint density at radius 2 is 1.47 bits per heavy atom. The van der Waals surface area contributed by atoms with Crippen molar-refractivity contribution in [3.8, 4) is 0 Å². The van der Waals surface area contributed by atoms with E-state index >= 15 is 0 Å². The van der Waals surface area contributed by atoms with Gasteiger partial charge < -0.3 is 4.74 Å². The zero-order valence-corrected chi connectivity index (χ0v) is 12.6. The lowest BCUT2D eigenvalue weighted by atomic mass is 9.72. The van der Waals surface area contributed by atoms with Crippen molar-refractivity contribution < 1.29 is 4.74 Å². The van der Waals surface area contributed by atoms with Crippen LogP contribution < -0.4 is 0 Å². The lowest BCUT2D eigenvalue weighted by Gasteiger charge is -2.33. The van der Waals surface area contributed by atoms with E-state index in [-0.39, 0.29) is 0 Å². The molecule has 1 nitrogen and oxygen atoms in total. The van der Waals surface area contributed by atoms with Crippen molar-refractivity contribution in [2.24, 2.45) is 23.7 Å². The zero-order valence-electron chi connectivity index (χ0n) is 12.6. The summed E-state index contributed by atoms with van der Waals surface area (Å²) in [4.78, 5) is 0. The van der Waals surface area contributed by atoms with Crippen LogP contribution in [-0.2, 0) is 4.74 Å². The van der Waals surface area contributed by atoms with Crippen LogP contribution in [-0.4, -0.2) is 13.2 Å². The molecule has 1 aliphatic heterocycles. The molecule has 0 radical (unpaired) electrons. The first-order chi connectivity index (χ1) is 9.42. The number of ether oxygens (including phenoxy) is 1. The molecule has 1 heteroatoms. The van der Waals surface area contributed by atoms with E-state index in [1.807, 2.05) is 0 Å². The monoisotopic (exact) mass is 264 g/mol. The summed E-state index contributed by atoms with van der Waals surface area (Å²) in [7, 11) is 0. The van der Waals surface area contributed by atoms with Crippen LogP contribution in [0.4, 0.5) is 0 Å². The summed E-state index contributed by atoms with van der Waals surface area (Å²) in [5.41, 5.74) is 0. The molecule has 3 fully saturated rings. The highest BCUT2D eigenvalue weighted by atomic mass is 16.5. The van der Waals surface area contributed by atoms with Crippen LogP contribution in [0.25, 0.3) is 0 Å². The molecule has 19 heavy (non-hydrogen) atoms. The largest absolute Gasteiger partial charge is 0.381 e. The van der Waals surface area contributed by atoms with E-state index in [9.17, 15) is 0 Å². The van der Waals surface area contributed by atoms with Crippen LogP contribution in [0.15, 0.2) is 0 Å². The third-order valence-electron chi connectivity index (χ3n) is 6.16. The maximum atomic E-state index is 5.60. The molecular formula is C18H32O. The third kappa shape index (κ3) is 3.97. The van der Waals surface area contributed by atoms with Crippen LogP contribution in [0.1, 0.15) is 77.0 Å². The van der Waals surface area contributed by atoms with Crippen LogP contribution in [0.3, 0.4) is 0 Å². The first-order valence-corrected chi connectivity index (χ1v) is 8.99.